The van der Waals surface area contributed by atoms with Crippen LogP contribution in [0.15, 0.2) is 22.7 Å². The number of nitrogens with two attached hydrogens (primary N) is 1. The van der Waals surface area contributed by atoms with Crippen LogP contribution in [0.3, 0.4) is 0 Å². The van der Waals surface area contributed by atoms with Crippen molar-refractivity contribution in [3.63, 3.8) is 0 Å². The SMILES string of the molecule is CC(CC(N)=O)C(=O)NCCCc1ccc(Br)cc1F. The van der Waals surface area contributed by atoms with Gasteiger partial charge in [0.1, 0.15) is 5.82 Å². The van der Waals surface area contributed by atoms with Gasteiger partial charge in [0.05, 0.1) is 0 Å². The van der Waals surface area contributed by atoms with Gasteiger partial charge in [0, 0.05) is 23.4 Å². The van der Waals surface area contributed by atoms with Gasteiger partial charge in [-0.3, -0.25) is 9.59 Å². The topological polar surface area (TPSA) is 72.2 Å². The van der Waals surface area contributed by atoms with E-state index in [-0.39, 0.29) is 18.1 Å². The number of benzene rings is 1. The lowest BCUT2D eigenvalue weighted by atomic mass is 10.1. The molecule has 2 amide bonds. The van der Waals surface area contributed by atoms with E-state index in [1.165, 1.54) is 6.07 Å². The lowest BCUT2D eigenvalue weighted by Gasteiger charge is -2.10. The molecule has 6 heteroatoms. The molecule has 1 rings (SSSR count). The van der Waals surface area contributed by atoms with E-state index in [4.69, 9.17) is 5.73 Å². The van der Waals surface area contributed by atoms with Crippen LogP contribution in [0, 0.1) is 11.7 Å². The third-order valence-corrected chi connectivity index (χ3v) is 3.39. The lowest BCUT2D eigenvalue weighted by Crippen LogP contribution is -2.32. The fourth-order valence-corrected chi connectivity index (χ4v) is 2.12. The van der Waals surface area contributed by atoms with Crippen molar-refractivity contribution in [2.24, 2.45) is 11.7 Å². The highest BCUT2D eigenvalue weighted by Gasteiger charge is 2.14. The number of primary amides is 1. The molecule has 0 fully saturated rings. The van der Waals surface area contributed by atoms with Crippen molar-refractivity contribution >= 4 is 27.7 Å². The van der Waals surface area contributed by atoms with Gasteiger partial charge in [-0.25, -0.2) is 4.39 Å². The van der Waals surface area contributed by atoms with Gasteiger partial charge < -0.3 is 11.1 Å². The third-order valence-electron chi connectivity index (χ3n) is 2.89. The molecule has 1 unspecified atom stereocenters. The van der Waals surface area contributed by atoms with Crippen LogP contribution in [-0.2, 0) is 16.0 Å². The summed E-state index contributed by atoms with van der Waals surface area (Å²) < 4.78 is 14.2. The quantitative estimate of drug-likeness (QED) is 0.744. The van der Waals surface area contributed by atoms with Gasteiger partial charge in [-0.2, -0.15) is 0 Å². The highest BCUT2D eigenvalue weighted by atomic mass is 79.9. The third kappa shape index (κ3) is 5.69. The average molecular weight is 345 g/mol. The molecule has 0 aliphatic rings. The van der Waals surface area contributed by atoms with Crippen molar-refractivity contribution in [2.45, 2.75) is 26.2 Å². The Balaban J connectivity index is 2.31. The Hall–Kier alpha value is -1.43. The van der Waals surface area contributed by atoms with Crippen molar-refractivity contribution in [1.82, 2.24) is 5.32 Å². The summed E-state index contributed by atoms with van der Waals surface area (Å²) in [6, 6.07) is 4.92. The second kappa shape index (κ2) is 7.99. The molecule has 0 radical (unpaired) electrons. The first kappa shape index (κ1) is 16.6. The number of halogens is 2. The molecule has 4 nitrogen and oxygen atoms in total. The fraction of sp³-hybridized carbons (Fsp3) is 0.429. The van der Waals surface area contributed by atoms with Crippen LogP contribution < -0.4 is 11.1 Å². The zero-order chi connectivity index (χ0) is 15.1. The number of aryl methyl sites for hydroxylation is 1. The van der Waals surface area contributed by atoms with E-state index < -0.39 is 11.8 Å². The van der Waals surface area contributed by atoms with Crippen LogP contribution in [0.5, 0.6) is 0 Å². The Morgan fingerprint density at radius 3 is 2.75 bits per heavy atom. The number of hydrogen-bond donors (Lipinski definition) is 2. The molecular weight excluding hydrogens is 327 g/mol. The second-order valence-corrected chi connectivity index (χ2v) is 5.62. The summed E-state index contributed by atoms with van der Waals surface area (Å²) in [6.45, 7) is 2.09. The molecule has 1 aromatic carbocycles. The van der Waals surface area contributed by atoms with Crippen LogP contribution in [0.25, 0.3) is 0 Å². The van der Waals surface area contributed by atoms with Crippen LogP contribution in [-0.4, -0.2) is 18.4 Å². The van der Waals surface area contributed by atoms with Crippen LogP contribution in [0.4, 0.5) is 4.39 Å². The monoisotopic (exact) mass is 344 g/mol. The molecule has 0 aliphatic carbocycles. The molecule has 0 bridgehead atoms. The van der Waals surface area contributed by atoms with E-state index in [1.54, 1.807) is 19.1 Å². The minimum Gasteiger partial charge on any atom is -0.370 e. The highest BCUT2D eigenvalue weighted by Crippen LogP contribution is 2.16. The highest BCUT2D eigenvalue weighted by molar-refractivity contribution is 9.10. The second-order valence-electron chi connectivity index (χ2n) is 4.70. The predicted octanol–water partition coefficient (Wildman–Crippen LogP) is 2.15. The largest absolute Gasteiger partial charge is 0.370 e. The zero-order valence-corrected chi connectivity index (χ0v) is 12.9. The van der Waals surface area contributed by atoms with Gasteiger partial charge in [-0.15, -0.1) is 0 Å². The summed E-state index contributed by atoms with van der Waals surface area (Å²) >= 11 is 3.20. The van der Waals surface area contributed by atoms with E-state index >= 15 is 0 Å². The minimum absolute atomic E-state index is 0.0349. The number of rotatable bonds is 7. The molecule has 110 valence electrons. The molecule has 1 atom stereocenters. The predicted molar refractivity (Wildman–Crippen MR) is 78.4 cm³/mol. The Kier molecular flexibility index (Phi) is 6.64. The summed E-state index contributed by atoms with van der Waals surface area (Å²) in [7, 11) is 0. The molecule has 0 spiro atoms. The standard InChI is InChI=1S/C14H18BrFN2O2/c1-9(7-13(17)19)14(20)18-6-2-3-10-4-5-11(15)8-12(10)16/h4-5,8-9H,2-3,6-7H2,1H3,(H2,17,19)(H,18,20). The summed E-state index contributed by atoms with van der Waals surface area (Å²) in [5, 5.41) is 2.71. The number of amides is 2. The first-order valence-corrected chi connectivity index (χ1v) is 7.19. The first-order valence-electron chi connectivity index (χ1n) is 6.40. The van der Waals surface area contributed by atoms with E-state index in [1.807, 2.05) is 0 Å². The Morgan fingerprint density at radius 2 is 2.15 bits per heavy atom. The Labute approximate surface area is 126 Å². The van der Waals surface area contributed by atoms with E-state index in [9.17, 15) is 14.0 Å². The van der Waals surface area contributed by atoms with E-state index in [2.05, 4.69) is 21.2 Å². The number of hydrogen-bond acceptors (Lipinski definition) is 2. The van der Waals surface area contributed by atoms with Crippen molar-refractivity contribution in [1.29, 1.82) is 0 Å². The molecule has 0 heterocycles. The number of nitrogens with one attached hydrogen (secondary N) is 1. The van der Waals surface area contributed by atoms with Crippen LogP contribution >= 0.6 is 15.9 Å². The molecule has 0 saturated carbocycles. The van der Waals surface area contributed by atoms with Crippen molar-refractivity contribution in [3.8, 4) is 0 Å². The summed E-state index contributed by atoms with van der Waals surface area (Å²) in [6.07, 6.45) is 1.21. The van der Waals surface area contributed by atoms with Gasteiger partial charge >= 0.3 is 0 Å². The normalized spacial score (nSPS) is 11.9. The Morgan fingerprint density at radius 1 is 1.45 bits per heavy atom. The molecular formula is C14H18BrFN2O2. The smallest absolute Gasteiger partial charge is 0.223 e. The van der Waals surface area contributed by atoms with E-state index in [0.717, 1.165) is 0 Å². The van der Waals surface area contributed by atoms with Gasteiger partial charge in [0.25, 0.3) is 0 Å². The Bertz CT molecular complexity index is 494. The fourth-order valence-electron chi connectivity index (χ4n) is 1.78. The van der Waals surface area contributed by atoms with Gasteiger partial charge in [-0.05, 0) is 30.5 Å². The van der Waals surface area contributed by atoms with Gasteiger partial charge in [0.2, 0.25) is 11.8 Å². The maximum atomic E-state index is 13.5. The van der Waals surface area contributed by atoms with Crippen LogP contribution in [0.1, 0.15) is 25.3 Å². The van der Waals surface area contributed by atoms with Gasteiger partial charge in [0.15, 0.2) is 0 Å². The molecule has 1 aromatic rings. The summed E-state index contributed by atoms with van der Waals surface area (Å²) in [5.41, 5.74) is 5.64. The molecule has 3 N–H and O–H groups in total. The molecule has 0 aromatic heterocycles. The summed E-state index contributed by atoms with van der Waals surface area (Å²) in [4.78, 5) is 22.3. The van der Waals surface area contributed by atoms with Crippen molar-refractivity contribution in [2.75, 3.05) is 6.54 Å². The van der Waals surface area contributed by atoms with Crippen LogP contribution in [0.2, 0.25) is 0 Å². The minimum atomic E-state index is -0.496. The number of carbonyl (C=O) groups excluding carboxylic acids is 2. The van der Waals surface area contributed by atoms with Gasteiger partial charge in [-0.1, -0.05) is 28.9 Å². The maximum Gasteiger partial charge on any atom is 0.223 e. The zero-order valence-electron chi connectivity index (χ0n) is 11.3. The summed E-state index contributed by atoms with van der Waals surface area (Å²) in [5.74, 6) is -1.39. The van der Waals surface area contributed by atoms with Crippen molar-refractivity contribution in [3.05, 3.63) is 34.1 Å². The molecule has 0 aliphatic heterocycles. The average Bonchev–Trinajstić information content (AvgIpc) is 2.35. The molecule has 20 heavy (non-hydrogen) atoms. The maximum absolute atomic E-state index is 13.5. The first-order chi connectivity index (χ1) is 9.40. The lowest BCUT2D eigenvalue weighted by molar-refractivity contribution is -0.128. The van der Waals surface area contributed by atoms with Crippen molar-refractivity contribution < 1.29 is 14.0 Å². The van der Waals surface area contributed by atoms with E-state index in [0.29, 0.717) is 29.4 Å². The number of carbonyl (C=O) groups is 2. The molecule has 0 saturated heterocycles.